The van der Waals surface area contributed by atoms with Gasteiger partial charge in [-0.25, -0.2) is 0 Å². The number of halogens is 2. The van der Waals surface area contributed by atoms with Gasteiger partial charge in [0, 0.05) is 0 Å². The van der Waals surface area contributed by atoms with Crippen molar-refractivity contribution in [2.75, 3.05) is 12.4 Å². The Morgan fingerprint density at radius 3 is 2.42 bits per heavy atom. The van der Waals surface area contributed by atoms with Gasteiger partial charge >= 0.3 is 6.11 Å². The molecule has 12 heavy (non-hydrogen) atoms. The predicted octanol–water partition coefficient (Wildman–Crippen LogP) is 0.670. The zero-order valence-electron chi connectivity index (χ0n) is 6.03. The van der Waals surface area contributed by atoms with Crippen LogP contribution in [0, 0.1) is 0 Å². The highest BCUT2D eigenvalue weighted by Crippen LogP contribution is 2.16. The van der Waals surface area contributed by atoms with Gasteiger partial charge in [-0.15, -0.1) is 6.58 Å². The molecule has 0 aromatic rings. The van der Waals surface area contributed by atoms with Crippen LogP contribution >= 0.6 is 0 Å². The zero-order valence-corrected chi connectivity index (χ0v) is 6.85. The summed E-state index contributed by atoms with van der Waals surface area (Å²) in [6.45, 7) is 2.61. The van der Waals surface area contributed by atoms with Gasteiger partial charge < -0.3 is 4.74 Å². The number of alkyl halides is 2. The molecule has 0 aliphatic rings. The smallest absolute Gasteiger partial charge is 0.315 e. The van der Waals surface area contributed by atoms with E-state index in [1.807, 2.05) is 0 Å². The van der Waals surface area contributed by atoms with Crippen molar-refractivity contribution in [1.82, 2.24) is 0 Å². The summed E-state index contributed by atoms with van der Waals surface area (Å²) >= 11 is 0. The van der Waals surface area contributed by atoms with Crippen LogP contribution in [-0.4, -0.2) is 31.4 Å². The van der Waals surface area contributed by atoms with Gasteiger partial charge in [0.2, 0.25) is 0 Å². The highest BCUT2D eigenvalue weighted by molar-refractivity contribution is 7.85. The van der Waals surface area contributed by atoms with Gasteiger partial charge in [-0.05, 0) is 0 Å². The molecule has 1 N–H and O–H groups in total. The summed E-state index contributed by atoms with van der Waals surface area (Å²) in [7, 11) is -4.72. The molecule has 0 aliphatic carbocycles. The number of rotatable bonds is 5. The van der Waals surface area contributed by atoms with Gasteiger partial charge in [0.05, 0.1) is 6.61 Å². The van der Waals surface area contributed by atoms with Crippen molar-refractivity contribution >= 4 is 10.1 Å². The lowest BCUT2D eigenvalue weighted by molar-refractivity contribution is -0.214. The van der Waals surface area contributed by atoms with E-state index >= 15 is 0 Å². The maximum atomic E-state index is 12.3. The summed E-state index contributed by atoms with van der Waals surface area (Å²) in [6.07, 6.45) is -2.83. The van der Waals surface area contributed by atoms with E-state index in [-0.39, 0.29) is 0 Å². The molecule has 0 aromatic heterocycles. The Morgan fingerprint density at radius 1 is 1.58 bits per heavy atom. The van der Waals surface area contributed by atoms with E-state index < -0.39 is 28.6 Å². The third-order valence-corrected chi connectivity index (χ3v) is 1.46. The minimum atomic E-state index is -4.72. The Balaban J connectivity index is 4.13. The third-order valence-electron chi connectivity index (χ3n) is 0.763. The second-order valence-corrected chi connectivity index (χ2v) is 3.42. The molecule has 4 nitrogen and oxygen atoms in total. The Labute approximate surface area is 68.6 Å². The molecule has 0 aliphatic heterocycles. The minimum absolute atomic E-state index is 0.484. The van der Waals surface area contributed by atoms with E-state index in [9.17, 15) is 17.2 Å². The summed E-state index contributed by atoms with van der Waals surface area (Å²) in [5.41, 5.74) is 0. The summed E-state index contributed by atoms with van der Waals surface area (Å²) in [5, 5.41) is 0. The molecular weight excluding hydrogens is 194 g/mol. The van der Waals surface area contributed by atoms with Crippen molar-refractivity contribution in [2.45, 2.75) is 6.11 Å². The van der Waals surface area contributed by atoms with Gasteiger partial charge in [-0.2, -0.15) is 17.2 Å². The maximum absolute atomic E-state index is 12.3. The van der Waals surface area contributed by atoms with Gasteiger partial charge in [0.1, 0.15) is 0 Å². The van der Waals surface area contributed by atoms with Crippen LogP contribution in [0.3, 0.4) is 0 Å². The first-order chi connectivity index (χ1) is 5.27. The molecule has 0 amide bonds. The topological polar surface area (TPSA) is 63.6 Å². The van der Waals surface area contributed by atoms with Crippen molar-refractivity contribution in [3.8, 4) is 0 Å². The first-order valence-corrected chi connectivity index (χ1v) is 4.45. The lowest BCUT2D eigenvalue weighted by Crippen LogP contribution is -2.30. The lowest BCUT2D eigenvalue weighted by atomic mass is 10.6. The molecule has 72 valence electrons. The molecular formula is C5H8F2O4S. The predicted molar refractivity (Wildman–Crippen MR) is 37.5 cm³/mol. The molecule has 0 rings (SSSR count). The van der Waals surface area contributed by atoms with Crippen LogP contribution in [0.2, 0.25) is 0 Å². The third kappa shape index (κ3) is 6.20. The van der Waals surface area contributed by atoms with E-state index in [4.69, 9.17) is 4.55 Å². The van der Waals surface area contributed by atoms with Gasteiger partial charge in [-0.3, -0.25) is 4.55 Å². The molecule has 0 heterocycles. The highest BCUT2D eigenvalue weighted by atomic mass is 32.2. The first kappa shape index (κ1) is 11.5. The Bertz CT molecular complexity index is 246. The quantitative estimate of drug-likeness (QED) is 0.525. The average Bonchev–Trinajstić information content (AvgIpc) is 1.78. The largest absolute Gasteiger partial charge is 0.372 e. The molecule has 0 aromatic carbocycles. The Hall–Kier alpha value is -0.530. The van der Waals surface area contributed by atoms with Gasteiger partial charge in [-0.1, -0.05) is 6.08 Å². The van der Waals surface area contributed by atoms with E-state index in [1.165, 1.54) is 0 Å². The standard InChI is InChI=1S/C5H8F2O4S/c1-2-3-11-5(6,7)4-12(8,9)10/h2H,1,3-4H2,(H,8,9,10). The molecule has 0 atom stereocenters. The fourth-order valence-corrected chi connectivity index (χ4v) is 0.943. The average molecular weight is 202 g/mol. The maximum Gasteiger partial charge on any atom is 0.372 e. The highest BCUT2D eigenvalue weighted by Gasteiger charge is 2.35. The van der Waals surface area contributed by atoms with E-state index in [1.54, 1.807) is 0 Å². The lowest BCUT2D eigenvalue weighted by Gasteiger charge is -2.13. The molecule has 0 bridgehead atoms. The number of hydrogen-bond donors (Lipinski definition) is 1. The summed E-state index contributed by atoms with van der Waals surface area (Å²) in [4.78, 5) is 0. The molecule has 7 heteroatoms. The number of hydrogen-bond acceptors (Lipinski definition) is 3. The Morgan fingerprint density at radius 2 is 2.08 bits per heavy atom. The molecule has 0 saturated heterocycles. The first-order valence-electron chi connectivity index (χ1n) is 2.85. The fourth-order valence-electron chi connectivity index (χ4n) is 0.435. The van der Waals surface area contributed by atoms with Crippen LogP contribution in [0.4, 0.5) is 8.78 Å². The summed E-state index contributed by atoms with van der Waals surface area (Å²) in [6, 6.07) is 0. The van der Waals surface area contributed by atoms with E-state index in [2.05, 4.69) is 11.3 Å². The second-order valence-electron chi connectivity index (χ2n) is 1.96. The summed E-state index contributed by atoms with van der Waals surface area (Å²) in [5.74, 6) is -1.74. The molecule has 0 spiro atoms. The summed E-state index contributed by atoms with van der Waals surface area (Å²) < 4.78 is 56.4. The van der Waals surface area contributed by atoms with Crippen LogP contribution in [0.5, 0.6) is 0 Å². The van der Waals surface area contributed by atoms with Crippen LogP contribution in [0.25, 0.3) is 0 Å². The minimum Gasteiger partial charge on any atom is -0.315 e. The van der Waals surface area contributed by atoms with Crippen molar-refractivity contribution < 1.29 is 26.5 Å². The van der Waals surface area contributed by atoms with Crippen molar-refractivity contribution in [3.63, 3.8) is 0 Å². The second kappa shape index (κ2) is 3.92. The monoisotopic (exact) mass is 202 g/mol. The fraction of sp³-hybridized carbons (Fsp3) is 0.600. The SMILES string of the molecule is C=CCOC(F)(F)CS(=O)(=O)O. The van der Waals surface area contributed by atoms with E-state index in [0.29, 0.717) is 0 Å². The number of ether oxygens (including phenoxy) is 1. The molecule has 0 fully saturated rings. The zero-order chi connectivity index (χ0) is 9.83. The molecule has 0 radical (unpaired) electrons. The molecule has 0 saturated carbocycles. The van der Waals surface area contributed by atoms with Crippen LogP contribution < -0.4 is 0 Å². The van der Waals surface area contributed by atoms with Crippen LogP contribution in [-0.2, 0) is 14.9 Å². The van der Waals surface area contributed by atoms with Gasteiger partial charge in [0.25, 0.3) is 10.1 Å². The van der Waals surface area contributed by atoms with Crippen LogP contribution in [0.1, 0.15) is 0 Å². The molecule has 0 unspecified atom stereocenters. The Kier molecular flexibility index (Phi) is 3.75. The van der Waals surface area contributed by atoms with Crippen LogP contribution in [0.15, 0.2) is 12.7 Å². The van der Waals surface area contributed by atoms with E-state index in [0.717, 1.165) is 6.08 Å². The van der Waals surface area contributed by atoms with Crippen molar-refractivity contribution in [1.29, 1.82) is 0 Å². The van der Waals surface area contributed by atoms with Crippen molar-refractivity contribution in [3.05, 3.63) is 12.7 Å². The normalized spacial score (nSPS) is 12.9. The van der Waals surface area contributed by atoms with Gasteiger partial charge in [0.15, 0.2) is 5.75 Å². The van der Waals surface area contributed by atoms with Crippen molar-refractivity contribution in [2.24, 2.45) is 0 Å².